The van der Waals surface area contributed by atoms with Crippen LogP contribution in [0.1, 0.15) is 12.5 Å². The van der Waals surface area contributed by atoms with Gasteiger partial charge in [-0.3, -0.25) is 0 Å². The summed E-state index contributed by atoms with van der Waals surface area (Å²) < 4.78 is 0. The van der Waals surface area contributed by atoms with Gasteiger partial charge in [-0.05, 0) is 29.3 Å². The van der Waals surface area contributed by atoms with Crippen molar-refractivity contribution in [3.8, 4) is 0 Å². The van der Waals surface area contributed by atoms with E-state index in [4.69, 9.17) is 11.6 Å². The van der Waals surface area contributed by atoms with Crippen molar-refractivity contribution < 1.29 is 0 Å². The first-order valence-electron chi connectivity index (χ1n) is 3.39. The van der Waals surface area contributed by atoms with Crippen molar-refractivity contribution in [2.24, 2.45) is 5.18 Å². The Labute approximate surface area is 70.2 Å². The van der Waals surface area contributed by atoms with Gasteiger partial charge in [0.05, 0.1) is 5.02 Å². The zero-order valence-electron chi connectivity index (χ0n) is 6.17. The summed E-state index contributed by atoms with van der Waals surface area (Å²) in [5.74, 6) is 0. The molecule has 3 heteroatoms. The van der Waals surface area contributed by atoms with Gasteiger partial charge in [-0.15, -0.1) is 4.91 Å². The number of nitrogens with zero attached hydrogens (tertiary/aromatic N) is 1. The average molecular weight is 170 g/mol. The van der Waals surface area contributed by atoms with Gasteiger partial charge < -0.3 is 0 Å². The van der Waals surface area contributed by atoms with Crippen molar-refractivity contribution in [1.29, 1.82) is 0 Å². The van der Waals surface area contributed by atoms with Crippen molar-refractivity contribution in [2.45, 2.75) is 13.3 Å². The van der Waals surface area contributed by atoms with Gasteiger partial charge in [-0.25, -0.2) is 0 Å². The van der Waals surface area contributed by atoms with Gasteiger partial charge in [0.25, 0.3) is 0 Å². The standard InChI is InChI=1S/C8H8ClNO/c1-2-6-3-4-8(10-11)7(9)5-6/h3-5H,2H2,1H3. The molecule has 0 radical (unpaired) electrons. The van der Waals surface area contributed by atoms with Crippen LogP contribution in [0, 0.1) is 4.91 Å². The van der Waals surface area contributed by atoms with E-state index < -0.39 is 0 Å². The first-order chi connectivity index (χ1) is 5.27. The summed E-state index contributed by atoms with van der Waals surface area (Å²) in [5.41, 5.74) is 1.42. The fourth-order valence-electron chi connectivity index (χ4n) is 0.844. The van der Waals surface area contributed by atoms with E-state index in [1.165, 1.54) is 0 Å². The Kier molecular flexibility index (Phi) is 2.60. The monoisotopic (exact) mass is 169 g/mol. The Hall–Kier alpha value is -0.890. The first-order valence-corrected chi connectivity index (χ1v) is 3.77. The van der Waals surface area contributed by atoms with Crippen LogP contribution in [0.4, 0.5) is 5.69 Å². The molecular weight excluding hydrogens is 162 g/mol. The van der Waals surface area contributed by atoms with E-state index in [1.54, 1.807) is 12.1 Å². The third-order valence-electron chi connectivity index (χ3n) is 1.52. The normalized spacial score (nSPS) is 9.64. The quantitative estimate of drug-likeness (QED) is 0.625. The van der Waals surface area contributed by atoms with E-state index in [-0.39, 0.29) is 0 Å². The van der Waals surface area contributed by atoms with Gasteiger partial charge in [-0.2, -0.15) is 0 Å². The van der Waals surface area contributed by atoms with Crippen molar-refractivity contribution in [2.75, 3.05) is 0 Å². The van der Waals surface area contributed by atoms with Gasteiger partial charge >= 0.3 is 0 Å². The molecule has 1 aromatic carbocycles. The molecule has 0 aliphatic rings. The lowest BCUT2D eigenvalue weighted by atomic mass is 10.1. The van der Waals surface area contributed by atoms with E-state index in [9.17, 15) is 4.91 Å². The molecule has 0 aliphatic heterocycles. The Morgan fingerprint density at radius 1 is 1.55 bits per heavy atom. The van der Waals surface area contributed by atoms with Crippen LogP contribution in [0.15, 0.2) is 23.4 Å². The maximum absolute atomic E-state index is 10.1. The number of nitroso groups, excluding NO2 is 1. The Bertz CT molecular complexity index is 273. The Morgan fingerprint density at radius 3 is 2.73 bits per heavy atom. The summed E-state index contributed by atoms with van der Waals surface area (Å²) in [5, 5.41) is 3.19. The van der Waals surface area contributed by atoms with Crippen LogP contribution in [0.3, 0.4) is 0 Å². The van der Waals surface area contributed by atoms with E-state index in [1.807, 2.05) is 13.0 Å². The highest BCUT2D eigenvalue weighted by Crippen LogP contribution is 2.25. The summed E-state index contributed by atoms with van der Waals surface area (Å²) in [6.07, 6.45) is 0.916. The molecule has 1 rings (SSSR count). The van der Waals surface area contributed by atoms with E-state index >= 15 is 0 Å². The van der Waals surface area contributed by atoms with Gasteiger partial charge in [-0.1, -0.05) is 24.6 Å². The molecule has 2 nitrogen and oxygen atoms in total. The van der Waals surface area contributed by atoms with Crippen molar-refractivity contribution in [3.05, 3.63) is 33.7 Å². The van der Waals surface area contributed by atoms with Gasteiger partial charge in [0, 0.05) is 0 Å². The van der Waals surface area contributed by atoms with Crippen molar-refractivity contribution in [3.63, 3.8) is 0 Å². The molecule has 0 amide bonds. The minimum Gasteiger partial charge on any atom is -0.145 e. The molecule has 0 saturated carbocycles. The number of hydrogen-bond acceptors (Lipinski definition) is 2. The van der Waals surface area contributed by atoms with Crippen LogP contribution in [0.5, 0.6) is 0 Å². The molecule has 0 heterocycles. The fourth-order valence-corrected chi connectivity index (χ4v) is 1.08. The molecule has 1 aromatic rings. The maximum Gasteiger partial charge on any atom is 0.126 e. The third kappa shape index (κ3) is 1.77. The minimum atomic E-state index is 0.309. The molecule has 58 valence electrons. The predicted octanol–water partition coefficient (Wildman–Crippen LogP) is 3.30. The van der Waals surface area contributed by atoms with Crippen LogP contribution in [0.25, 0.3) is 0 Å². The SMILES string of the molecule is CCc1ccc(N=O)c(Cl)c1. The zero-order chi connectivity index (χ0) is 8.27. The zero-order valence-corrected chi connectivity index (χ0v) is 6.93. The molecule has 0 spiro atoms. The average Bonchev–Trinajstić information content (AvgIpc) is 2.04. The van der Waals surface area contributed by atoms with Crippen LogP contribution in [0.2, 0.25) is 5.02 Å². The highest BCUT2D eigenvalue weighted by atomic mass is 35.5. The molecule has 0 unspecified atom stereocenters. The number of rotatable bonds is 2. The molecule has 0 aromatic heterocycles. The fraction of sp³-hybridized carbons (Fsp3) is 0.250. The third-order valence-corrected chi connectivity index (χ3v) is 1.82. The van der Waals surface area contributed by atoms with E-state index in [2.05, 4.69) is 5.18 Å². The highest BCUT2D eigenvalue weighted by Gasteiger charge is 1.99. The summed E-state index contributed by atoms with van der Waals surface area (Å²) in [6, 6.07) is 5.25. The van der Waals surface area contributed by atoms with Crippen molar-refractivity contribution >= 4 is 17.3 Å². The second-order valence-electron chi connectivity index (χ2n) is 2.23. The second kappa shape index (κ2) is 3.49. The van der Waals surface area contributed by atoms with Gasteiger partial charge in [0.1, 0.15) is 5.69 Å². The van der Waals surface area contributed by atoms with Crippen LogP contribution in [-0.4, -0.2) is 0 Å². The summed E-state index contributed by atoms with van der Waals surface area (Å²) in [7, 11) is 0. The largest absolute Gasteiger partial charge is 0.145 e. The number of hydrogen-bond donors (Lipinski definition) is 0. The number of halogens is 1. The molecular formula is C8H8ClNO. The lowest BCUT2D eigenvalue weighted by molar-refractivity contribution is 1.14. The number of aryl methyl sites for hydroxylation is 1. The second-order valence-corrected chi connectivity index (χ2v) is 2.64. The summed E-state index contributed by atoms with van der Waals surface area (Å²) in [6.45, 7) is 2.03. The predicted molar refractivity (Wildman–Crippen MR) is 46.3 cm³/mol. The molecule has 0 atom stereocenters. The summed E-state index contributed by atoms with van der Waals surface area (Å²) in [4.78, 5) is 10.1. The maximum atomic E-state index is 10.1. The highest BCUT2D eigenvalue weighted by molar-refractivity contribution is 6.33. The van der Waals surface area contributed by atoms with Crippen LogP contribution >= 0.6 is 11.6 Å². The lowest BCUT2D eigenvalue weighted by Crippen LogP contribution is -1.78. The molecule has 0 bridgehead atoms. The van der Waals surface area contributed by atoms with Crippen LogP contribution in [-0.2, 0) is 6.42 Å². The number of benzene rings is 1. The first kappa shape index (κ1) is 8.21. The van der Waals surface area contributed by atoms with E-state index in [0.29, 0.717) is 10.7 Å². The minimum absolute atomic E-state index is 0.309. The lowest BCUT2D eigenvalue weighted by Gasteiger charge is -1.97. The molecule has 0 N–H and O–H groups in total. The van der Waals surface area contributed by atoms with Crippen molar-refractivity contribution in [1.82, 2.24) is 0 Å². The molecule has 0 aliphatic carbocycles. The van der Waals surface area contributed by atoms with Crippen LogP contribution < -0.4 is 0 Å². The Morgan fingerprint density at radius 2 is 2.27 bits per heavy atom. The van der Waals surface area contributed by atoms with Gasteiger partial charge in [0.15, 0.2) is 0 Å². The van der Waals surface area contributed by atoms with E-state index in [0.717, 1.165) is 12.0 Å². The molecule has 0 saturated heterocycles. The summed E-state index contributed by atoms with van der Waals surface area (Å²) >= 11 is 5.71. The van der Waals surface area contributed by atoms with Gasteiger partial charge in [0.2, 0.25) is 0 Å². The topological polar surface area (TPSA) is 29.4 Å². The molecule has 0 fully saturated rings. The molecule has 11 heavy (non-hydrogen) atoms. The Balaban J connectivity index is 3.09. The smallest absolute Gasteiger partial charge is 0.126 e.